The molecule has 0 heterocycles. The topological polar surface area (TPSA) is 44.0 Å². The summed E-state index contributed by atoms with van der Waals surface area (Å²) in [5.41, 5.74) is 4.88. The first-order chi connectivity index (χ1) is 9.92. The molecule has 0 saturated carbocycles. The summed E-state index contributed by atoms with van der Waals surface area (Å²) in [6, 6.07) is 9.22. The summed E-state index contributed by atoms with van der Waals surface area (Å²) in [4.78, 5) is 0. The van der Waals surface area contributed by atoms with Gasteiger partial charge in [-0.1, -0.05) is 47.6 Å². The molecule has 0 saturated heterocycles. The zero-order valence-corrected chi connectivity index (χ0v) is 13.0. The molecular weight excluding hydrogens is 258 g/mol. The Morgan fingerprint density at radius 2 is 1.67 bits per heavy atom. The van der Waals surface area contributed by atoms with E-state index in [2.05, 4.69) is 6.07 Å². The van der Waals surface area contributed by atoms with Crippen molar-refractivity contribution in [1.82, 2.24) is 0 Å². The van der Waals surface area contributed by atoms with E-state index in [1.54, 1.807) is 12.1 Å². The summed E-state index contributed by atoms with van der Waals surface area (Å²) in [6.45, 7) is 7.85. The Hall–Kier alpha value is -2.53. The molecule has 0 spiro atoms. The molecule has 0 bridgehead atoms. The molecule has 0 atom stereocenters. The van der Waals surface area contributed by atoms with E-state index in [1.165, 1.54) is 0 Å². The van der Waals surface area contributed by atoms with E-state index in [0.29, 0.717) is 5.57 Å². The summed E-state index contributed by atoms with van der Waals surface area (Å²) < 4.78 is 0. The quantitative estimate of drug-likeness (QED) is 0.611. The maximum atomic E-state index is 9.25. The van der Waals surface area contributed by atoms with Crippen molar-refractivity contribution in [2.24, 2.45) is 0 Å². The number of aromatic hydroxyl groups is 1. The third-order valence-corrected chi connectivity index (χ3v) is 2.86. The van der Waals surface area contributed by atoms with Gasteiger partial charge in [-0.05, 0) is 51.0 Å². The fraction of sp³-hybridized carbons (Fsp3) is 0.211. The zero-order chi connectivity index (χ0) is 15.8. The van der Waals surface area contributed by atoms with E-state index in [4.69, 9.17) is 5.26 Å². The van der Waals surface area contributed by atoms with Gasteiger partial charge >= 0.3 is 0 Å². The molecule has 1 N–H and O–H groups in total. The smallest absolute Gasteiger partial charge is 0.115 e. The highest BCUT2D eigenvalue weighted by molar-refractivity contribution is 5.55. The molecule has 21 heavy (non-hydrogen) atoms. The first-order valence-corrected chi connectivity index (χ1v) is 6.83. The van der Waals surface area contributed by atoms with Gasteiger partial charge in [0, 0.05) is 5.57 Å². The van der Waals surface area contributed by atoms with Crippen LogP contribution in [-0.4, -0.2) is 5.11 Å². The third-order valence-electron chi connectivity index (χ3n) is 2.86. The second kappa shape index (κ2) is 7.91. The SMILES string of the molecule is CC(C)=CC(/C=C(C)/C=C/c1ccc(O)cc1)=C(/C)C#N. The minimum Gasteiger partial charge on any atom is -0.508 e. The fourth-order valence-corrected chi connectivity index (χ4v) is 1.74. The molecule has 0 aliphatic rings. The molecule has 0 amide bonds. The Bertz CT molecular complexity index is 646. The van der Waals surface area contributed by atoms with Gasteiger partial charge < -0.3 is 5.11 Å². The van der Waals surface area contributed by atoms with E-state index in [0.717, 1.165) is 22.3 Å². The Balaban J connectivity index is 3.00. The molecular formula is C19H21NO. The maximum Gasteiger partial charge on any atom is 0.115 e. The van der Waals surface area contributed by atoms with Crippen molar-refractivity contribution in [3.63, 3.8) is 0 Å². The summed E-state index contributed by atoms with van der Waals surface area (Å²) in [5, 5.41) is 18.3. The summed E-state index contributed by atoms with van der Waals surface area (Å²) in [7, 11) is 0. The van der Waals surface area contributed by atoms with Gasteiger partial charge in [-0.2, -0.15) is 5.26 Å². The van der Waals surface area contributed by atoms with E-state index in [1.807, 2.05) is 64.1 Å². The van der Waals surface area contributed by atoms with Crippen LogP contribution in [0, 0.1) is 11.3 Å². The van der Waals surface area contributed by atoms with Crippen LogP contribution in [0.25, 0.3) is 6.08 Å². The normalized spacial score (nSPS) is 12.8. The van der Waals surface area contributed by atoms with Gasteiger partial charge in [0.1, 0.15) is 5.75 Å². The summed E-state index contributed by atoms with van der Waals surface area (Å²) >= 11 is 0. The number of benzene rings is 1. The van der Waals surface area contributed by atoms with Crippen LogP contribution in [0.4, 0.5) is 0 Å². The predicted octanol–water partition coefficient (Wildman–Crippen LogP) is 5.16. The first-order valence-electron chi connectivity index (χ1n) is 6.83. The number of nitriles is 1. The number of nitrogens with zero attached hydrogens (tertiary/aromatic N) is 1. The molecule has 1 rings (SSSR count). The molecule has 0 fully saturated rings. The van der Waals surface area contributed by atoms with E-state index >= 15 is 0 Å². The average Bonchev–Trinajstić information content (AvgIpc) is 2.44. The summed E-state index contributed by atoms with van der Waals surface area (Å²) in [5.74, 6) is 0.262. The molecule has 1 aromatic carbocycles. The molecule has 0 radical (unpaired) electrons. The Morgan fingerprint density at radius 3 is 2.19 bits per heavy atom. The number of allylic oxidation sites excluding steroid dienone is 7. The lowest BCUT2D eigenvalue weighted by atomic mass is 10.0. The highest BCUT2D eigenvalue weighted by Crippen LogP contribution is 2.15. The summed E-state index contributed by atoms with van der Waals surface area (Å²) in [6.07, 6.45) is 7.99. The van der Waals surface area contributed by atoms with Gasteiger partial charge in [0.15, 0.2) is 0 Å². The van der Waals surface area contributed by atoms with Crippen molar-refractivity contribution in [3.05, 3.63) is 70.3 Å². The minimum atomic E-state index is 0.262. The monoisotopic (exact) mass is 279 g/mol. The number of phenols is 1. The van der Waals surface area contributed by atoms with Crippen LogP contribution in [0.2, 0.25) is 0 Å². The lowest BCUT2D eigenvalue weighted by molar-refractivity contribution is 0.475. The second-order valence-corrected chi connectivity index (χ2v) is 5.23. The predicted molar refractivity (Wildman–Crippen MR) is 88.6 cm³/mol. The van der Waals surface area contributed by atoms with Crippen LogP contribution in [0.15, 0.2) is 64.8 Å². The van der Waals surface area contributed by atoms with Crippen molar-refractivity contribution in [2.45, 2.75) is 27.7 Å². The number of rotatable bonds is 4. The van der Waals surface area contributed by atoms with Crippen molar-refractivity contribution in [2.75, 3.05) is 0 Å². The molecule has 0 aliphatic heterocycles. The van der Waals surface area contributed by atoms with Crippen LogP contribution < -0.4 is 0 Å². The van der Waals surface area contributed by atoms with Gasteiger partial charge in [-0.3, -0.25) is 0 Å². The van der Waals surface area contributed by atoms with Crippen molar-refractivity contribution in [3.8, 4) is 11.8 Å². The largest absolute Gasteiger partial charge is 0.508 e. The van der Waals surface area contributed by atoms with Gasteiger partial charge in [0.05, 0.1) is 6.07 Å². The Kier molecular flexibility index (Phi) is 6.23. The van der Waals surface area contributed by atoms with Crippen LogP contribution in [-0.2, 0) is 0 Å². The van der Waals surface area contributed by atoms with E-state index in [9.17, 15) is 5.11 Å². The molecule has 0 aromatic heterocycles. The van der Waals surface area contributed by atoms with Crippen LogP contribution in [0.3, 0.4) is 0 Å². The van der Waals surface area contributed by atoms with Crippen LogP contribution >= 0.6 is 0 Å². The van der Waals surface area contributed by atoms with Crippen LogP contribution in [0.5, 0.6) is 5.75 Å². The van der Waals surface area contributed by atoms with Gasteiger partial charge in [0.25, 0.3) is 0 Å². The maximum absolute atomic E-state index is 9.25. The van der Waals surface area contributed by atoms with Crippen molar-refractivity contribution in [1.29, 1.82) is 5.26 Å². The first kappa shape index (κ1) is 16.5. The fourth-order valence-electron chi connectivity index (χ4n) is 1.74. The van der Waals surface area contributed by atoms with E-state index < -0.39 is 0 Å². The highest BCUT2D eigenvalue weighted by Gasteiger charge is 1.97. The van der Waals surface area contributed by atoms with E-state index in [-0.39, 0.29) is 5.75 Å². The molecule has 108 valence electrons. The Morgan fingerprint density at radius 1 is 1.05 bits per heavy atom. The minimum absolute atomic E-state index is 0.262. The van der Waals surface area contributed by atoms with Crippen LogP contribution in [0.1, 0.15) is 33.3 Å². The molecule has 1 aromatic rings. The molecule has 2 nitrogen and oxygen atoms in total. The molecule has 0 aliphatic carbocycles. The van der Waals surface area contributed by atoms with Gasteiger partial charge in [-0.15, -0.1) is 0 Å². The van der Waals surface area contributed by atoms with Gasteiger partial charge in [0.2, 0.25) is 0 Å². The third kappa shape index (κ3) is 5.97. The lowest BCUT2D eigenvalue weighted by Gasteiger charge is -2.00. The average molecular weight is 279 g/mol. The van der Waals surface area contributed by atoms with Crippen molar-refractivity contribution >= 4 is 6.08 Å². The second-order valence-electron chi connectivity index (χ2n) is 5.23. The standard InChI is InChI=1S/C19H21NO/c1-14(2)11-18(16(4)13-20)12-15(3)5-6-17-7-9-19(21)10-8-17/h5-12,21H,1-4H3/b6-5+,15-12+,18-16+. The lowest BCUT2D eigenvalue weighted by Crippen LogP contribution is -1.83. The molecule has 2 heteroatoms. The number of phenolic OH excluding ortho intramolecular Hbond substituents is 1. The zero-order valence-electron chi connectivity index (χ0n) is 13.0. The number of hydrogen-bond acceptors (Lipinski definition) is 2. The number of hydrogen-bond donors (Lipinski definition) is 1. The highest BCUT2D eigenvalue weighted by atomic mass is 16.3. The Labute approximate surface area is 127 Å². The van der Waals surface area contributed by atoms with Crippen molar-refractivity contribution < 1.29 is 5.11 Å². The van der Waals surface area contributed by atoms with Gasteiger partial charge in [-0.25, -0.2) is 0 Å². The molecule has 0 unspecified atom stereocenters.